The van der Waals surface area contributed by atoms with Gasteiger partial charge < -0.3 is 4.74 Å². The lowest BCUT2D eigenvalue weighted by molar-refractivity contribution is -0.192. The van der Waals surface area contributed by atoms with E-state index in [-0.39, 0.29) is 28.3 Å². The van der Waals surface area contributed by atoms with E-state index < -0.39 is 5.41 Å². The summed E-state index contributed by atoms with van der Waals surface area (Å²) in [6, 6.07) is 0. The Bertz CT molecular complexity index is 519. The van der Waals surface area contributed by atoms with Crippen LogP contribution in [-0.4, -0.2) is 11.6 Å². The number of ether oxygens (including phenoxy) is 1. The smallest absolute Gasteiger partial charge is 0.312 e. The Morgan fingerprint density at radius 1 is 1.00 bits per heavy atom. The van der Waals surface area contributed by atoms with Crippen LogP contribution in [0.1, 0.15) is 93.9 Å². The van der Waals surface area contributed by atoms with Gasteiger partial charge in [-0.3, -0.25) is 4.79 Å². The Balaban J connectivity index is 1.79. The first kappa shape index (κ1) is 19.2. The molecule has 144 valence electrons. The van der Waals surface area contributed by atoms with Crippen LogP contribution in [0.25, 0.3) is 0 Å². The predicted octanol–water partition coefficient (Wildman–Crippen LogP) is 6.23. The molecule has 2 heteroatoms. The minimum atomic E-state index is -0.415. The lowest BCUT2D eigenvalue weighted by Crippen LogP contribution is -2.51. The lowest BCUT2D eigenvalue weighted by atomic mass is 9.61. The second-order valence-corrected chi connectivity index (χ2v) is 12.0. The molecule has 0 saturated heterocycles. The Morgan fingerprint density at radius 3 is 1.92 bits per heavy atom. The summed E-state index contributed by atoms with van der Waals surface area (Å²) in [5.74, 6) is 3.01. The first-order valence-corrected chi connectivity index (χ1v) is 10.5. The molecule has 0 amide bonds. The maximum Gasteiger partial charge on any atom is 0.312 e. The Kier molecular flexibility index (Phi) is 4.41. The van der Waals surface area contributed by atoms with E-state index in [1.807, 2.05) is 0 Å². The molecule has 0 radical (unpaired) electrons. The highest BCUT2D eigenvalue weighted by Crippen LogP contribution is 2.68. The van der Waals surface area contributed by atoms with E-state index in [0.29, 0.717) is 0 Å². The number of carbonyl (C=O) groups excluding carboxylic acids is 1. The van der Waals surface area contributed by atoms with Crippen molar-refractivity contribution in [3.63, 3.8) is 0 Å². The number of esters is 1. The lowest BCUT2D eigenvalue weighted by Gasteiger charge is -2.50. The van der Waals surface area contributed by atoms with Crippen LogP contribution in [0.15, 0.2) is 0 Å². The largest absolute Gasteiger partial charge is 0.459 e. The van der Waals surface area contributed by atoms with Crippen molar-refractivity contribution in [3.05, 3.63) is 0 Å². The van der Waals surface area contributed by atoms with Crippen molar-refractivity contribution in [2.24, 2.45) is 39.9 Å². The molecule has 4 rings (SSSR count). The van der Waals surface area contributed by atoms with Crippen LogP contribution in [0, 0.1) is 39.9 Å². The van der Waals surface area contributed by atoms with E-state index in [2.05, 4.69) is 55.4 Å². The molecule has 25 heavy (non-hydrogen) atoms. The van der Waals surface area contributed by atoms with E-state index in [4.69, 9.17) is 4.74 Å². The summed E-state index contributed by atoms with van der Waals surface area (Å²) < 4.78 is 6.40. The quantitative estimate of drug-likeness (QED) is 0.550. The molecule has 3 atom stereocenters. The summed E-state index contributed by atoms with van der Waals surface area (Å²) in [6.45, 7) is 17.5. The average Bonchev–Trinajstić information content (AvgIpc) is 2.84. The molecule has 4 fully saturated rings. The SMILES string of the molecule is CC(C)C(C)(CC(C)(C)C)C(=O)OC(C)(C)C12CC3CC(C1)C(C3)C2. The van der Waals surface area contributed by atoms with Crippen LogP contribution in [0.5, 0.6) is 0 Å². The average molecular weight is 349 g/mol. The third-order valence-electron chi connectivity index (χ3n) is 8.19. The third-order valence-corrected chi connectivity index (χ3v) is 8.19. The van der Waals surface area contributed by atoms with E-state index in [9.17, 15) is 4.79 Å². The predicted molar refractivity (Wildman–Crippen MR) is 103 cm³/mol. The van der Waals surface area contributed by atoms with Crippen molar-refractivity contribution in [2.75, 3.05) is 0 Å². The third kappa shape index (κ3) is 3.16. The van der Waals surface area contributed by atoms with Gasteiger partial charge in [0.25, 0.3) is 0 Å². The maximum atomic E-state index is 13.4. The van der Waals surface area contributed by atoms with Gasteiger partial charge in [0.2, 0.25) is 0 Å². The van der Waals surface area contributed by atoms with E-state index in [1.165, 1.54) is 32.1 Å². The van der Waals surface area contributed by atoms with Crippen molar-refractivity contribution in [1.82, 2.24) is 0 Å². The molecule has 4 saturated carbocycles. The Labute approximate surface area is 155 Å². The highest BCUT2D eigenvalue weighted by Gasteiger charge is 2.63. The highest BCUT2D eigenvalue weighted by molar-refractivity contribution is 5.77. The van der Waals surface area contributed by atoms with Gasteiger partial charge in [-0.1, -0.05) is 34.6 Å². The number of rotatable bonds is 5. The summed E-state index contributed by atoms with van der Waals surface area (Å²) >= 11 is 0. The zero-order valence-electron chi connectivity index (χ0n) is 17.9. The summed E-state index contributed by atoms with van der Waals surface area (Å²) in [5, 5.41) is 0. The summed E-state index contributed by atoms with van der Waals surface area (Å²) in [4.78, 5) is 13.4. The van der Waals surface area contributed by atoms with Crippen molar-refractivity contribution in [2.45, 2.75) is 99.5 Å². The van der Waals surface area contributed by atoms with Crippen molar-refractivity contribution >= 4 is 5.97 Å². The van der Waals surface area contributed by atoms with Crippen LogP contribution >= 0.6 is 0 Å². The maximum absolute atomic E-state index is 13.4. The van der Waals surface area contributed by atoms with Gasteiger partial charge in [0.1, 0.15) is 5.60 Å². The molecule has 0 aromatic heterocycles. The van der Waals surface area contributed by atoms with Crippen LogP contribution in [0.4, 0.5) is 0 Å². The zero-order valence-corrected chi connectivity index (χ0v) is 17.9. The highest BCUT2D eigenvalue weighted by atomic mass is 16.6. The fourth-order valence-electron chi connectivity index (χ4n) is 6.62. The molecule has 0 spiro atoms. The van der Waals surface area contributed by atoms with Crippen LogP contribution in [0.3, 0.4) is 0 Å². The van der Waals surface area contributed by atoms with E-state index in [1.54, 1.807) is 0 Å². The zero-order chi connectivity index (χ0) is 18.8. The normalized spacial score (nSPS) is 36.8. The first-order valence-electron chi connectivity index (χ1n) is 10.5. The van der Waals surface area contributed by atoms with E-state index >= 15 is 0 Å². The van der Waals surface area contributed by atoms with Gasteiger partial charge in [0.15, 0.2) is 0 Å². The number of hydrogen-bond acceptors (Lipinski definition) is 2. The first-order chi connectivity index (χ1) is 11.3. The van der Waals surface area contributed by atoms with Crippen LogP contribution in [-0.2, 0) is 9.53 Å². The summed E-state index contributed by atoms with van der Waals surface area (Å²) in [5.41, 5.74) is -0.407. The number of hydrogen-bond donors (Lipinski definition) is 0. The molecule has 4 aliphatic rings. The molecule has 0 aromatic carbocycles. The summed E-state index contributed by atoms with van der Waals surface area (Å²) in [7, 11) is 0. The van der Waals surface area contributed by atoms with Gasteiger partial charge in [-0.05, 0) is 88.4 Å². The fraction of sp³-hybridized carbons (Fsp3) is 0.957. The topological polar surface area (TPSA) is 26.3 Å². The minimum Gasteiger partial charge on any atom is -0.459 e. The van der Waals surface area contributed by atoms with Gasteiger partial charge in [0.05, 0.1) is 5.41 Å². The molecule has 0 heterocycles. The molecular formula is C23H40O2. The Hall–Kier alpha value is -0.530. The van der Waals surface area contributed by atoms with Gasteiger partial charge in [-0.2, -0.15) is 0 Å². The monoisotopic (exact) mass is 348 g/mol. The second-order valence-electron chi connectivity index (χ2n) is 12.0. The van der Waals surface area contributed by atoms with Gasteiger partial charge >= 0.3 is 5.97 Å². The Morgan fingerprint density at radius 2 is 1.52 bits per heavy atom. The molecule has 4 bridgehead atoms. The standard InChI is InChI=1S/C23H40O2/c1-15(2)22(8,14-20(3,4)5)19(24)25-21(6,7)23-11-16-9-17(12-23)18(10-16)13-23/h15-18H,9-14H2,1-8H3. The molecule has 0 aromatic rings. The minimum absolute atomic E-state index is 0.0273. The molecular weight excluding hydrogens is 308 g/mol. The van der Waals surface area contributed by atoms with Crippen molar-refractivity contribution in [3.8, 4) is 0 Å². The van der Waals surface area contributed by atoms with Crippen LogP contribution < -0.4 is 0 Å². The molecule has 0 aliphatic heterocycles. The van der Waals surface area contributed by atoms with Crippen LogP contribution in [0.2, 0.25) is 0 Å². The van der Waals surface area contributed by atoms with E-state index in [0.717, 1.165) is 24.2 Å². The fourth-order valence-corrected chi connectivity index (χ4v) is 6.62. The van der Waals surface area contributed by atoms with Crippen molar-refractivity contribution in [1.29, 1.82) is 0 Å². The van der Waals surface area contributed by atoms with Gasteiger partial charge in [0, 0.05) is 5.41 Å². The second kappa shape index (κ2) is 5.73. The van der Waals surface area contributed by atoms with Gasteiger partial charge in [-0.25, -0.2) is 0 Å². The number of carbonyl (C=O) groups is 1. The summed E-state index contributed by atoms with van der Waals surface area (Å²) in [6.07, 6.45) is 7.58. The van der Waals surface area contributed by atoms with Gasteiger partial charge in [-0.15, -0.1) is 0 Å². The molecule has 3 unspecified atom stereocenters. The molecule has 2 nitrogen and oxygen atoms in total. The molecule has 4 aliphatic carbocycles. The molecule has 0 N–H and O–H groups in total. The van der Waals surface area contributed by atoms with Crippen molar-refractivity contribution < 1.29 is 9.53 Å².